The molecule has 0 fully saturated rings. The molecule has 0 aromatic carbocycles. The lowest BCUT2D eigenvalue weighted by atomic mass is 10.1. The SMILES string of the molecule is CC/C=C\C/C=C\C/C=C\C/C=C\CCCCC(=O)OC(/C=C\CCCCCCC)CCCCCCC(=O)NC(CCCN)C(=O)O. The molecule has 0 spiro atoms. The van der Waals surface area contributed by atoms with Crippen LogP contribution < -0.4 is 11.1 Å². The second-order valence-corrected chi connectivity index (χ2v) is 12.2. The molecular formula is C40H68N2O5. The van der Waals surface area contributed by atoms with Crippen molar-refractivity contribution in [3.05, 3.63) is 60.8 Å². The largest absolute Gasteiger partial charge is 0.480 e. The summed E-state index contributed by atoms with van der Waals surface area (Å²) in [6.07, 6.45) is 41.3. The van der Waals surface area contributed by atoms with E-state index >= 15 is 0 Å². The number of nitrogens with one attached hydrogen (secondary N) is 1. The Morgan fingerprint density at radius 3 is 1.89 bits per heavy atom. The van der Waals surface area contributed by atoms with Gasteiger partial charge in [0.25, 0.3) is 0 Å². The average Bonchev–Trinajstić information content (AvgIpc) is 3.05. The number of aliphatic carboxylic acids is 1. The fourth-order valence-electron chi connectivity index (χ4n) is 5.00. The Morgan fingerprint density at radius 2 is 1.23 bits per heavy atom. The molecular weight excluding hydrogens is 588 g/mol. The molecule has 0 bridgehead atoms. The molecule has 4 N–H and O–H groups in total. The van der Waals surface area contributed by atoms with E-state index in [9.17, 15) is 19.5 Å². The lowest BCUT2D eigenvalue weighted by Crippen LogP contribution is -2.40. The summed E-state index contributed by atoms with van der Waals surface area (Å²) < 4.78 is 5.87. The highest BCUT2D eigenvalue weighted by Crippen LogP contribution is 2.14. The summed E-state index contributed by atoms with van der Waals surface area (Å²) in [5, 5.41) is 11.9. The summed E-state index contributed by atoms with van der Waals surface area (Å²) in [6.45, 7) is 4.76. The molecule has 2 unspecified atom stereocenters. The number of carboxylic acids is 1. The van der Waals surface area contributed by atoms with Crippen LogP contribution >= 0.6 is 0 Å². The number of nitrogens with two attached hydrogens (primary N) is 1. The Morgan fingerprint density at radius 1 is 0.660 bits per heavy atom. The van der Waals surface area contributed by atoms with Crippen molar-refractivity contribution in [2.75, 3.05) is 6.54 Å². The Kier molecular flexibility index (Phi) is 32.3. The number of carboxylic acid groups (broad SMARTS) is 1. The number of hydrogen-bond donors (Lipinski definition) is 3. The standard InChI is InChI=1S/C40H68N2O5/c1-3-5-7-9-11-12-13-14-15-16-17-18-20-22-28-34-39(44)47-36(30-25-21-19-10-8-6-4-2)31-26-23-24-27-33-38(43)42-37(40(45)46)32-29-35-41/h5,7,11-12,14-15,17-18,25,30,36-37H,3-4,6,8-10,13,16,19-24,26-29,31-35,41H2,1-2H3,(H,42,43)(H,45,46)/b7-5-,12-11-,15-14-,18-17-,30-25-. The normalized spacial score (nSPS) is 13.4. The smallest absolute Gasteiger partial charge is 0.326 e. The number of ether oxygens (including phenoxy) is 1. The molecule has 0 aliphatic rings. The van der Waals surface area contributed by atoms with Gasteiger partial charge in [0.2, 0.25) is 5.91 Å². The van der Waals surface area contributed by atoms with E-state index in [-0.39, 0.29) is 18.0 Å². The van der Waals surface area contributed by atoms with Crippen LogP contribution in [0.2, 0.25) is 0 Å². The molecule has 0 aromatic heterocycles. The molecule has 0 aromatic rings. The predicted octanol–water partition coefficient (Wildman–Crippen LogP) is 9.83. The zero-order chi connectivity index (χ0) is 34.6. The minimum atomic E-state index is -1.02. The molecule has 0 radical (unpaired) electrons. The molecule has 47 heavy (non-hydrogen) atoms. The lowest BCUT2D eigenvalue weighted by molar-refractivity contribution is -0.147. The summed E-state index contributed by atoms with van der Waals surface area (Å²) in [7, 11) is 0. The fourth-order valence-corrected chi connectivity index (χ4v) is 5.00. The van der Waals surface area contributed by atoms with Crippen LogP contribution in [0, 0.1) is 0 Å². The van der Waals surface area contributed by atoms with Crippen LogP contribution in [0.3, 0.4) is 0 Å². The van der Waals surface area contributed by atoms with Gasteiger partial charge in [0.15, 0.2) is 0 Å². The van der Waals surface area contributed by atoms with Gasteiger partial charge in [0.1, 0.15) is 12.1 Å². The Balaban J connectivity index is 4.39. The summed E-state index contributed by atoms with van der Waals surface area (Å²) in [4.78, 5) is 36.1. The van der Waals surface area contributed by atoms with Gasteiger partial charge in [-0.15, -0.1) is 0 Å². The maximum atomic E-state index is 12.6. The van der Waals surface area contributed by atoms with E-state index in [1.54, 1.807) is 0 Å². The molecule has 0 saturated heterocycles. The third-order valence-electron chi connectivity index (χ3n) is 7.80. The number of carbonyl (C=O) groups is 3. The fraction of sp³-hybridized carbons (Fsp3) is 0.675. The van der Waals surface area contributed by atoms with Gasteiger partial charge in [-0.25, -0.2) is 4.79 Å². The molecule has 0 rings (SSSR count). The summed E-state index contributed by atoms with van der Waals surface area (Å²) in [6, 6.07) is -0.875. The van der Waals surface area contributed by atoms with Gasteiger partial charge in [-0.1, -0.05) is 107 Å². The van der Waals surface area contributed by atoms with Crippen LogP contribution in [0.25, 0.3) is 0 Å². The molecule has 0 saturated carbocycles. The van der Waals surface area contributed by atoms with Crippen LogP contribution in [0.4, 0.5) is 0 Å². The van der Waals surface area contributed by atoms with Gasteiger partial charge in [-0.2, -0.15) is 0 Å². The molecule has 7 heteroatoms. The van der Waals surface area contributed by atoms with Gasteiger partial charge in [-0.05, 0) is 103 Å². The Labute approximate surface area is 287 Å². The number of carbonyl (C=O) groups excluding carboxylic acids is 2. The van der Waals surface area contributed by atoms with E-state index in [4.69, 9.17) is 10.5 Å². The molecule has 0 aliphatic heterocycles. The van der Waals surface area contributed by atoms with E-state index in [1.165, 1.54) is 25.7 Å². The van der Waals surface area contributed by atoms with Crippen molar-refractivity contribution >= 4 is 17.8 Å². The molecule has 7 nitrogen and oxygen atoms in total. The number of esters is 1. The first-order chi connectivity index (χ1) is 22.9. The third kappa shape index (κ3) is 31.4. The maximum Gasteiger partial charge on any atom is 0.326 e. The summed E-state index contributed by atoms with van der Waals surface area (Å²) in [5.74, 6) is -1.38. The Bertz CT molecular complexity index is 922. The molecule has 0 aliphatic carbocycles. The maximum absolute atomic E-state index is 12.6. The zero-order valence-corrected chi connectivity index (χ0v) is 29.8. The van der Waals surface area contributed by atoms with Gasteiger partial charge >= 0.3 is 11.9 Å². The van der Waals surface area contributed by atoms with Crippen LogP contribution in [0.15, 0.2) is 60.8 Å². The van der Waals surface area contributed by atoms with Crippen molar-refractivity contribution in [3.8, 4) is 0 Å². The van der Waals surface area contributed by atoms with Crippen LogP contribution in [-0.2, 0) is 19.1 Å². The summed E-state index contributed by atoms with van der Waals surface area (Å²) >= 11 is 0. The van der Waals surface area contributed by atoms with Crippen molar-refractivity contribution in [2.24, 2.45) is 5.73 Å². The zero-order valence-electron chi connectivity index (χ0n) is 29.8. The van der Waals surface area contributed by atoms with E-state index in [0.29, 0.717) is 38.6 Å². The van der Waals surface area contributed by atoms with Crippen molar-refractivity contribution in [1.82, 2.24) is 5.32 Å². The molecule has 1 amide bonds. The van der Waals surface area contributed by atoms with Crippen LogP contribution in [-0.4, -0.2) is 41.6 Å². The van der Waals surface area contributed by atoms with E-state index in [2.05, 4.69) is 79.9 Å². The van der Waals surface area contributed by atoms with E-state index < -0.39 is 12.0 Å². The molecule has 268 valence electrons. The van der Waals surface area contributed by atoms with Gasteiger partial charge in [0, 0.05) is 12.8 Å². The highest BCUT2D eigenvalue weighted by Gasteiger charge is 2.18. The third-order valence-corrected chi connectivity index (χ3v) is 7.80. The van der Waals surface area contributed by atoms with E-state index in [1.807, 2.05) is 0 Å². The second-order valence-electron chi connectivity index (χ2n) is 12.2. The van der Waals surface area contributed by atoms with E-state index in [0.717, 1.165) is 83.5 Å². The van der Waals surface area contributed by atoms with Gasteiger partial charge in [0.05, 0.1) is 0 Å². The predicted molar refractivity (Wildman–Crippen MR) is 197 cm³/mol. The first-order valence-electron chi connectivity index (χ1n) is 18.6. The van der Waals surface area contributed by atoms with Crippen molar-refractivity contribution in [3.63, 3.8) is 0 Å². The van der Waals surface area contributed by atoms with Crippen LogP contribution in [0.1, 0.15) is 155 Å². The average molecular weight is 657 g/mol. The topological polar surface area (TPSA) is 119 Å². The minimum absolute atomic E-state index is 0.132. The second kappa shape index (κ2) is 34.4. The number of rotatable bonds is 32. The lowest BCUT2D eigenvalue weighted by Gasteiger charge is -2.15. The number of hydrogen-bond acceptors (Lipinski definition) is 5. The summed E-state index contributed by atoms with van der Waals surface area (Å²) in [5.41, 5.74) is 5.46. The number of allylic oxidation sites excluding steroid dienone is 9. The first kappa shape index (κ1) is 44.1. The Hall–Kier alpha value is -2.93. The highest BCUT2D eigenvalue weighted by molar-refractivity contribution is 5.83. The van der Waals surface area contributed by atoms with Crippen molar-refractivity contribution in [2.45, 2.75) is 167 Å². The van der Waals surface area contributed by atoms with Crippen LogP contribution in [0.5, 0.6) is 0 Å². The highest BCUT2D eigenvalue weighted by atomic mass is 16.5. The number of amides is 1. The van der Waals surface area contributed by atoms with Crippen molar-refractivity contribution in [1.29, 1.82) is 0 Å². The minimum Gasteiger partial charge on any atom is -0.480 e. The van der Waals surface area contributed by atoms with Gasteiger partial charge in [-0.3, -0.25) is 9.59 Å². The van der Waals surface area contributed by atoms with Gasteiger partial charge < -0.3 is 20.9 Å². The molecule has 2 atom stereocenters. The monoisotopic (exact) mass is 657 g/mol. The molecule has 0 heterocycles. The van der Waals surface area contributed by atoms with Crippen molar-refractivity contribution < 1.29 is 24.2 Å². The first-order valence-corrected chi connectivity index (χ1v) is 18.6. The quantitative estimate of drug-likeness (QED) is 0.0377. The number of unbranched alkanes of at least 4 members (excludes halogenated alkanes) is 10.